The van der Waals surface area contributed by atoms with Crippen LogP contribution in [0, 0.1) is 40.9 Å². The number of phenolic OH excluding ortho intramolecular Hbond substituents is 3. The number of nitrogens with two attached hydrogens (primary N) is 1. The fourth-order valence-corrected chi connectivity index (χ4v) is 19.4. The van der Waals surface area contributed by atoms with Crippen LogP contribution < -0.4 is 16.4 Å². The van der Waals surface area contributed by atoms with Crippen molar-refractivity contribution in [2.24, 2.45) is 46.2 Å². The van der Waals surface area contributed by atoms with Crippen LogP contribution in [-0.4, -0.2) is 300 Å². The molecule has 0 bridgehead atoms. The van der Waals surface area contributed by atoms with Crippen molar-refractivity contribution in [2.75, 3.05) is 94.9 Å². The molecule has 2 amide bonds. The lowest BCUT2D eigenvalue weighted by Gasteiger charge is -2.53. The van der Waals surface area contributed by atoms with Crippen molar-refractivity contribution in [2.45, 2.75) is 118 Å². The molecule has 2 aliphatic heterocycles. The number of aromatic hydroxyl groups is 3. The topological polar surface area (TPSA) is 563 Å². The number of likely N-dealkylation sites (N-methyl/N-ethyl adjacent to an activating group) is 3. The fourth-order valence-electron chi connectivity index (χ4n) is 19.4. The molecular weight excluding hydrogens is 1500 g/mol. The molecule has 15 atom stereocenters. The van der Waals surface area contributed by atoms with Crippen LogP contribution in [0.25, 0.3) is 17.3 Å². The summed E-state index contributed by atoms with van der Waals surface area (Å²) in [6, 6.07) is 9.27. The molecule has 11 aliphatic rings. The summed E-state index contributed by atoms with van der Waals surface area (Å²) < 4.78 is 0. The second-order valence-corrected chi connectivity index (χ2v) is 32.7. The van der Waals surface area contributed by atoms with Crippen molar-refractivity contribution in [3.05, 3.63) is 139 Å². The molecule has 9 aliphatic carbocycles. The molecule has 115 heavy (non-hydrogen) atoms. The smallest absolute Gasteiger partial charge is 0.259 e. The van der Waals surface area contributed by atoms with Gasteiger partial charge in [-0.25, -0.2) is 4.99 Å². The van der Waals surface area contributed by atoms with Crippen LogP contribution in [0.3, 0.4) is 0 Å². The summed E-state index contributed by atoms with van der Waals surface area (Å²) in [7, 11) is 9.28. The van der Waals surface area contributed by atoms with Gasteiger partial charge in [-0.1, -0.05) is 36.4 Å². The van der Waals surface area contributed by atoms with Gasteiger partial charge in [0.1, 0.15) is 68.5 Å². The molecule has 15 unspecified atom stereocenters. The van der Waals surface area contributed by atoms with Gasteiger partial charge in [0, 0.05) is 78.4 Å². The Balaban J connectivity index is 0.000000162. The Morgan fingerprint density at radius 2 is 0.757 bits per heavy atom. The fraction of sp³-hybridized carbons (Fsp3) is 0.487. The zero-order valence-electron chi connectivity index (χ0n) is 65.2. The number of amides is 2. The molecule has 0 aromatic heterocycles. The molecular formula is C80H97N11O24. The second-order valence-electron chi connectivity index (χ2n) is 32.7. The van der Waals surface area contributed by atoms with Crippen LogP contribution in [-0.2, 0) is 60.0 Å². The maximum atomic E-state index is 14.2. The number of ketones is 7. The minimum atomic E-state index is -2.79. The van der Waals surface area contributed by atoms with Gasteiger partial charge < -0.3 is 97.9 Å². The Morgan fingerprint density at radius 1 is 0.470 bits per heavy atom. The number of aliphatic hydroxyl groups excluding tert-OH is 6. The lowest BCUT2D eigenvalue weighted by Crippen LogP contribution is -2.67. The Morgan fingerprint density at radius 3 is 1.04 bits per heavy atom. The number of amidine groups is 1. The maximum Gasteiger partial charge on any atom is 0.259 e. The average molecular weight is 1600 g/mol. The number of guanidine groups is 1. The van der Waals surface area contributed by atoms with Gasteiger partial charge in [-0.3, -0.25) is 73.1 Å². The third-order valence-corrected chi connectivity index (χ3v) is 25.2. The molecule has 0 spiro atoms. The number of fused-ring (bicyclic) bond motifs is 9. The van der Waals surface area contributed by atoms with E-state index in [-0.39, 0.29) is 100 Å². The van der Waals surface area contributed by atoms with Gasteiger partial charge in [-0.05, 0) is 157 Å². The first-order valence-electron chi connectivity index (χ1n) is 37.5. The highest BCUT2D eigenvalue weighted by Crippen LogP contribution is 2.61. The van der Waals surface area contributed by atoms with Crippen LogP contribution in [0.2, 0.25) is 0 Å². The zero-order chi connectivity index (χ0) is 84.8. The number of nitrogens with one attached hydrogen (secondary N) is 3. The van der Waals surface area contributed by atoms with E-state index in [4.69, 9.17) is 11.1 Å². The van der Waals surface area contributed by atoms with Crippen molar-refractivity contribution >= 4 is 81.4 Å². The molecule has 0 radical (unpaired) electrons. The SMILES string of the molecule is CC(=O)C1=C(O)C2(O)C(=O)C3=C(O)c4c(O)cccc4C(C)(O)C3CC2C(N(C)C)C1=O.CC(N)=NC(=N)N1CCN(CNC(=O)C2=C(O)C3(O)C(=O)C4=C(O)c5c(O)cccc5C(C)(O)C4CC3C(N(C)C)C2=O)CC1.CN(C)C1C(=O)C(C(=O)NCN2CCCC2)=C(O)C2(O)C(=O)C3=C(O)c4c(O)cccc4C(C)(O)C3CC12. The second kappa shape index (κ2) is 29.6. The van der Waals surface area contributed by atoms with E-state index in [9.17, 15) is 120 Å². The maximum absolute atomic E-state index is 14.2. The van der Waals surface area contributed by atoms with Gasteiger partial charge in [-0.2, -0.15) is 0 Å². The number of nitrogens with zero attached hydrogens (tertiary/aromatic N) is 7. The summed E-state index contributed by atoms with van der Waals surface area (Å²) in [5.74, 6) is -21.4. The minimum Gasteiger partial charge on any atom is -0.508 e. The summed E-state index contributed by atoms with van der Waals surface area (Å²) in [5, 5.41) is 182. The molecule has 14 rings (SSSR count). The number of phenols is 3. The van der Waals surface area contributed by atoms with E-state index in [2.05, 4.69) is 15.6 Å². The Kier molecular flexibility index (Phi) is 21.6. The Labute approximate surface area is 659 Å². The number of carbonyl (C=O) groups excluding carboxylic acids is 9. The third kappa shape index (κ3) is 12.8. The first kappa shape index (κ1) is 83.8. The standard InChI is InChI=1S/C30H39N7O8.C27H33N3O8.C23H25NO8/c1-14(31)34-28(32)37-10-8-36(9-11-37)13-33-27(43)21-24(40)22(35(3)4)17-12-16-20(25(41)30(17,45)26(21)42)23(39)19-15(29(16,2)44)6-5-7-18(19)38;1-26(37)13-7-6-8-16(31)17(13)21(32)18-14(26)11-15-20(29(2)3)22(33)19(24(35)27(15,38)23(18)34)25(36)28-12-30-9-4-5-10-30;1-9(25)14-19(28)17(24(3)4)12-8-11-16(21(30)23(12,32)20(14)29)18(27)15-10(22(11,2)31)6-5-7-13(15)26/h5-7,16-17,22,38-39,42,44-45H,8-13H2,1-4H3,(H,33,43)(H3,31,32,34);6-8,14-15,20,31-32,35,37-38H,4-5,9-12H2,1-3H3,(H,28,36);5-7,11-12,17,26-27,29,31-32H,8H2,1-4H3. The molecule has 2 saturated heterocycles. The van der Waals surface area contributed by atoms with Crippen LogP contribution in [0.4, 0.5) is 0 Å². The number of piperazine rings is 1. The third-order valence-electron chi connectivity index (χ3n) is 25.2. The van der Waals surface area contributed by atoms with Crippen molar-refractivity contribution in [3.8, 4) is 17.2 Å². The molecule has 616 valence electrons. The van der Waals surface area contributed by atoms with Crippen molar-refractivity contribution in [3.63, 3.8) is 0 Å². The largest absolute Gasteiger partial charge is 0.508 e. The van der Waals surface area contributed by atoms with Gasteiger partial charge >= 0.3 is 0 Å². The number of aliphatic imine (C=N–C) groups is 1. The normalized spacial score (nSPS) is 32.6. The van der Waals surface area contributed by atoms with E-state index >= 15 is 0 Å². The number of benzene rings is 3. The molecule has 35 nitrogen and oxygen atoms in total. The van der Waals surface area contributed by atoms with Gasteiger partial charge in [0.15, 0.2) is 39.9 Å². The number of likely N-dealkylation sites (tertiary alicyclic amines) is 1. The number of hydrogen-bond donors (Lipinski definition) is 19. The van der Waals surface area contributed by atoms with Gasteiger partial charge in [-0.15, -0.1) is 0 Å². The first-order valence-corrected chi connectivity index (χ1v) is 37.5. The van der Waals surface area contributed by atoms with Crippen LogP contribution >= 0.6 is 0 Å². The molecule has 3 saturated carbocycles. The van der Waals surface area contributed by atoms with Crippen LogP contribution in [0.5, 0.6) is 17.2 Å². The van der Waals surface area contributed by atoms with Crippen LogP contribution in [0.15, 0.2) is 110 Å². The number of aliphatic hydroxyl groups is 12. The number of hydrogen-bond acceptors (Lipinski definition) is 30. The molecule has 20 N–H and O–H groups in total. The highest BCUT2D eigenvalue weighted by atomic mass is 16.4. The van der Waals surface area contributed by atoms with E-state index in [0.29, 0.717) is 26.2 Å². The van der Waals surface area contributed by atoms with Gasteiger partial charge in [0.25, 0.3) is 11.8 Å². The van der Waals surface area contributed by atoms with E-state index in [0.717, 1.165) is 32.9 Å². The van der Waals surface area contributed by atoms with E-state index in [1.54, 1.807) is 40.0 Å². The molecule has 35 heteroatoms. The first-order chi connectivity index (χ1) is 53.6. The van der Waals surface area contributed by atoms with Gasteiger partial charge in [0.05, 0.1) is 70.8 Å². The molecule has 3 aromatic rings. The summed E-state index contributed by atoms with van der Waals surface area (Å²) in [4.78, 5) is 135. The van der Waals surface area contributed by atoms with Crippen molar-refractivity contribution in [1.29, 1.82) is 5.41 Å². The molecule has 3 aromatic carbocycles. The monoisotopic (exact) mass is 1600 g/mol. The highest BCUT2D eigenvalue weighted by Gasteiger charge is 2.70. The Hall–Kier alpha value is -10.6. The number of carbonyl (C=O) groups is 9. The zero-order valence-corrected chi connectivity index (χ0v) is 65.2. The predicted octanol–water partition coefficient (Wildman–Crippen LogP) is 0.193. The number of rotatable bonds is 10. The summed E-state index contributed by atoms with van der Waals surface area (Å²) in [5.41, 5.74) is -11.2. The van der Waals surface area contributed by atoms with E-state index < -0.39 is 202 Å². The average Bonchev–Trinajstić information content (AvgIpc) is 0.816. The van der Waals surface area contributed by atoms with Gasteiger partial charge in [0.2, 0.25) is 23.3 Å². The molecule has 2 heterocycles. The minimum absolute atomic E-state index is 0.0257. The lowest BCUT2D eigenvalue weighted by molar-refractivity contribution is -0.160. The quantitative estimate of drug-likeness (QED) is 0.0732. The summed E-state index contributed by atoms with van der Waals surface area (Å²) in [6.07, 6.45) is 1.40. The summed E-state index contributed by atoms with van der Waals surface area (Å²) >= 11 is 0. The van der Waals surface area contributed by atoms with Crippen molar-refractivity contribution < 1.29 is 120 Å². The van der Waals surface area contributed by atoms with Crippen molar-refractivity contribution in [1.82, 2.24) is 40.0 Å². The van der Waals surface area contributed by atoms with E-state index in [1.807, 2.05) is 9.80 Å². The number of Topliss-reactive ketones (excluding diaryl/α,β-unsaturated/α-hetero) is 7. The Bertz CT molecular complexity index is 4970. The van der Waals surface area contributed by atoms with Crippen LogP contribution in [0.1, 0.15) is 100 Å². The molecule has 5 fully saturated rings. The summed E-state index contributed by atoms with van der Waals surface area (Å²) in [6.45, 7) is 10.3. The lowest BCUT2D eigenvalue weighted by atomic mass is 9.54. The highest BCUT2D eigenvalue weighted by molar-refractivity contribution is 6.27. The van der Waals surface area contributed by atoms with E-state index in [1.165, 1.54) is 104 Å². The predicted molar refractivity (Wildman–Crippen MR) is 408 cm³/mol.